The third kappa shape index (κ3) is 8.33. The van der Waals surface area contributed by atoms with Crippen LogP contribution in [0.2, 0.25) is 0 Å². The highest BCUT2D eigenvalue weighted by Crippen LogP contribution is 2.34. The van der Waals surface area contributed by atoms with Crippen molar-refractivity contribution in [3.63, 3.8) is 0 Å². The van der Waals surface area contributed by atoms with Crippen LogP contribution in [0.1, 0.15) is 47.0 Å². The van der Waals surface area contributed by atoms with Crippen molar-refractivity contribution >= 4 is 11.6 Å². The molecule has 0 aliphatic heterocycles. The molecule has 0 unspecified atom stereocenters. The molecule has 2 aromatic rings. The molecule has 186 valence electrons. The minimum absolute atomic E-state index is 0.181. The van der Waals surface area contributed by atoms with Gasteiger partial charge in [-0.05, 0) is 77.0 Å². The summed E-state index contributed by atoms with van der Waals surface area (Å²) < 4.78 is 12.0. The highest BCUT2D eigenvalue weighted by atomic mass is 16.8. The van der Waals surface area contributed by atoms with E-state index in [0.717, 1.165) is 38.9 Å². The number of carbonyl (C=O) groups excluding carboxylic acids is 1. The van der Waals surface area contributed by atoms with Crippen molar-refractivity contribution in [2.75, 3.05) is 33.3 Å². The highest BCUT2D eigenvalue weighted by Gasteiger charge is 2.30. The number of hydrogen-bond acceptors (Lipinski definition) is 6. The molecule has 2 rings (SSSR count). The Morgan fingerprint density at radius 2 is 1.59 bits per heavy atom. The second kappa shape index (κ2) is 13.5. The summed E-state index contributed by atoms with van der Waals surface area (Å²) in [6.45, 7) is 11.6. The van der Waals surface area contributed by atoms with Gasteiger partial charge in [0.25, 0.3) is 10.8 Å². The van der Waals surface area contributed by atoms with Crippen LogP contribution < -0.4 is 14.8 Å². The van der Waals surface area contributed by atoms with Crippen LogP contribution in [0.5, 0.6) is 17.2 Å². The Labute approximate surface area is 202 Å². The number of hydrogen-bond donors (Lipinski definition) is 1. The minimum Gasteiger partial charge on any atom is -0.474 e. The average molecular weight is 473 g/mol. The van der Waals surface area contributed by atoms with E-state index in [1.54, 1.807) is 50.2 Å². The summed E-state index contributed by atoms with van der Waals surface area (Å²) in [5, 5.41) is 3.00. The van der Waals surface area contributed by atoms with E-state index in [0.29, 0.717) is 34.4 Å². The third-order valence-electron chi connectivity index (χ3n) is 5.22. The monoisotopic (exact) mass is 472 g/mol. The molecule has 0 radical (unpaired) electrons. The zero-order chi connectivity index (χ0) is 25.0. The smallest absolute Gasteiger partial charge is 0.317 e. The van der Waals surface area contributed by atoms with Gasteiger partial charge in [-0.1, -0.05) is 26.0 Å². The SMILES string of the molecule is CCCN(CCC)CCCNC(=O)C(C)(C)Oc1ccccc1Oc1ccc([N+](=O)OC)cc1. The van der Waals surface area contributed by atoms with E-state index in [4.69, 9.17) is 9.47 Å². The number of amides is 1. The van der Waals surface area contributed by atoms with E-state index >= 15 is 0 Å². The molecule has 0 aromatic heterocycles. The molecule has 8 heteroatoms. The van der Waals surface area contributed by atoms with Gasteiger partial charge in [-0.15, -0.1) is 0 Å². The topological polar surface area (TPSA) is 80.1 Å². The molecule has 0 heterocycles. The van der Waals surface area contributed by atoms with Crippen molar-refractivity contribution < 1.29 is 24.0 Å². The van der Waals surface area contributed by atoms with Gasteiger partial charge in [0.05, 0.1) is 4.91 Å². The first-order valence-corrected chi connectivity index (χ1v) is 11.9. The van der Waals surface area contributed by atoms with Gasteiger partial charge in [0.2, 0.25) is 0 Å². The molecule has 0 bridgehead atoms. The predicted molar refractivity (Wildman–Crippen MR) is 133 cm³/mol. The fourth-order valence-corrected chi connectivity index (χ4v) is 3.49. The van der Waals surface area contributed by atoms with Crippen molar-refractivity contribution in [3.05, 3.63) is 53.4 Å². The zero-order valence-electron chi connectivity index (χ0n) is 21.0. The van der Waals surface area contributed by atoms with E-state index in [1.165, 1.54) is 7.11 Å². The number of ether oxygens (including phenoxy) is 2. The maximum absolute atomic E-state index is 12.8. The van der Waals surface area contributed by atoms with E-state index in [-0.39, 0.29) is 5.91 Å². The van der Waals surface area contributed by atoms with Gasteiger partial charge >= 0.3 is 5.69 Å². The Morgan fingerprint density at radius 1 is 0.971 bits per heavy atom. The van der Waals surface area contributed by atoms with Crippen LogP contribution in [0.3, 0.4) is 0 Å². The van der Waals surface area contributed by atoms with E-state index in [9.17, 15) is 9.70 Å². The summed E-state index contributed by atoms with van der Waals surface area (Å²) in [6.07, 6.45) is 3.15. The lowest BCUT2D eigenvalue weighted by atomic mass is 10.1. The number of nitrogens with one attached hydrogen (secondary N) is 1. The van der Waals surface area contributed by atoms with Gasteiger partial charge in [0.15, 0.2) is 24.2 Å². The van der Waals surface area contributed by atoms with Crippen LogP contribution in [-0.4, -0.2) is 54.6 Å². The van der Waals surface area contributed by atoms with Crippen molar-refractivity contribution in [1.29, 1.82) is 0 Å². The predicted octanol–water partition coefficient (Wildman–Crippen LogP) is 5.24. The molecule has 0 saturated heterocycles. The molecule has 34 heavy (non-hydrogen) atoms. The van der Waals surface area contributed by atoms with Crippen molar-refractivity contribution in [2.45, 2.75) is 52.6 Å². The largest absolute Gasteiger partial charge is 0.474 e. The summed E-state index contributed by atoms with van der Waals surface area (Å²) in [5.74, 6) is 1.26. The summed E-state index contributed by atoms with van der Waals surface area (Å²) >= 11 is 0. The third-order valence-corrected chi connectivity index (χ3v) is 5.22. The fraction of sp³-hybridized carbons (Fsp3) is 0.500. The molecular formula is C26H38N3O5+. The Bertz CT molecular complexity index is 909. The van der Waals surface area contributed by atoms with Crippen LogP contribution in [0, 0.1) is 4.91 Å². The second-order valence-corrected chi connectivity index (χ2v) is 8.55. The van der Waals surface area contributed by atoms with Gasteiger partial charge in [-0.3, -0.25) is 4.79 Å². The van der Waals surface area contributed by atoms with Crippen molar-refractivity contribution in [3.8, 4) is 17.2 Å². The molecule has 0 saturated carbocycles. The lowest BCUT2D eigenvalue weighted by Crippen LogP contribution is -2.47. The normalized spacial score (nSPS) is 11.2. The molecule has 1 N–H and O–H groups in total. The van der Waals surface area contributed by atoms with Gasteiger partial charge in [0.1, 0.15) is 5.75 Å². The maximum Gasteiger partial charge on any atom is 0.317 e. The number of rotatable bonds is 15. The first-order chi connectivity index (χ1) is 16.3. The molecule has 0 spiro atoms. The Balaban J connectivity index is 1.96. The molecule has 0 aliphatic carbocycles. The first kappa shape index (κ1) is 27.1. The molecular weight excluding hydrogens is 434 g/mol. The average Bonchev–Trinajstić information content (AvgIpc) is 2.83. The fourth-order valence-electron chi connectivity index (χ4n) is 3.49. The summed E-state index contributed by atoms with van der Waals surface area (Å²) in [7, 11) is 1.30. The Kier molecular flexibility index (Phi) is 10.8. The quantitative estimate of drug-likeness (QED) is 0.282. The minimum atomic E-state index is -1.09. The number of nitrogens with zero attached hydrogens (tertiary/aromatic N) is 2. The van der Waals surface area contributed by atoms with Crippen molar-refractivity contribution in [1.82, 2.24) is 10.2 Å². The van der Waals surface area contributed by atoms with Gasteiger partial charge in [0, 0.05) is 18.7 Å². The van der Waals surface area contributed by atoms with Crippen LogP contribution >= 0.6 is 0 Å². The molecule has 0 aliphatic rings. The lowest BCUT2D eigenvalue weighted by molar-refractivity contribution is -0.736. The first-order valence-electron chi connectivity index (χ1n) is 11.9. The van der Waals surface area contributed by atoms with Crippen LogP contribution in [0.15, 0.2) is 48.5 Å². The van der Waals surface area contributed by atoms with Gasteiger partial charge in [-0.25, -0.2) is 4.84 Å². The standard InChI is InChI=1S/C26H37N3O5/c1-6-18-28(19-7-2)20-10-17-27-25(30)26(3,4)34-24-12-9-8-11-23(24)33-22-15-13-21(14-16-22)29(31)32-5/h8-9,11-16H,6-7,10,17-20H2,1-5H3/p+1. The summed E-state index contributed by atoms with van der Waals surface area (Å²) in [5.41, 5.74) is -0.734. The number of benzene rings is 2. The van der Waals surface area contributed by atoms with E-state index in [2.05, 4.69) is 28.9 Å². The maximum atomic E-state index is 12.8. The van der Waals surface area contributed by atoms with Crippen LogP contribution in [0.4, 0.5) is 5.69 Å². The molecule has 2 aromatic carbocycles. The molecule has 0 atom stereocenters. The summed E-state index contributed by atoms with van der Waals surface area (Å²) in [6, 6.07) is 13.7. The molecule has 0 fully saturated rings. The Hall–Kier alpha value is -3.13. The molecule has 8 nitrogen and oxygen atoms in total. The van der Waals surface area contributed by atoms with Crippen LogP contribution in [0.25, 0.3) is 0 Å². The molecule has 1 amide bonds. The van der Waals surface area contributed by atoms with Gasteiger partial charge in [-0.2, -0.15) is 0 Å². The highest BCUT2D eigenvalue weighted by molar-refractivity contribution is 5.84. The van der Waals surface area contributed by atoms with Crippen LogP contribution in [-0.2, 0) is 9.63 Å². The van der Waals surface area contributed by atoms with Gasteiger partial charge < -0.3 is 19.7 Å². The van der Waals surface area contributed by atoms with E-state index < -0.39 is 5.60 Å². The number of carbonyl (C=O) groups is 1. The summed E-state index contributed by atoms with van der Waals surface area (Å²) in [4.78, 5) is 31.8. The van der Waals surface area contributed by atoms with E-state index in [1.807, 2.05) is 12.1 Å². The zero-order valence-corrected chi connectivity index (χ0v) is 21.0. The number of para-hydroxylation sites is 2. The Morgan fingerprint density at radius 3 is 2.18 bits per heavy atom. The second-order valence-electron chi connectivity index (χ2n) is 8.55. The van der Waals surface area contributed by atoms with Crippen molar-refractivity contribution in [2.24, 2.45) is 0 Å². The lowest BCUT2D eigenvalue weighted by Gasteiger charge is -2.27.